The molecule has 3 rings (SSSR count). The number of nitrogens with two attached hydrogens (primary N) is 1. The van der Waals surface area contributed by atoms with E-state index in [1.54, 1.807) is 24.0 Å². The third-order valence-electron chi connectivity index (χ3n) is 4.42. The summed E-state index contributed by atoms with van der Waals surface area (Å²) in [5.74, 6) is 1.23. The summed E-state index contributed by atoms with van der Waals surface area (Å²) in [5.41, 5.74) is 6.71. The van der Waals surface area contributed by atoms with Gasteiger partial charge in [-0.1, -0.05) is 27.7 Å². The highest BCUT2D eigenvalue weighted by molar-refractivity contribution is 6.05. The van der Waals surface area contributed by atoms with E-state index in [1.165, 1.54) is 0 Å². The van der Waals surface area contributed by atoms with Crippen LogP contribution in [-0.2, 0) is 7.05 Å². The smallest absolute Gasteiger partial charge is 0.260 e. The predicted molar refractivity (Wildman–Crippen MR) is 113 cm³/mol. The summed E-state index contributed by atoms with van der Waals surface area (Å²) in [7, 11) is 1.77. The molecule has 0 aliphatic carbocycles. The summed E-state index contributed by atoms with van der Waals surface area (Å²) < 4.78 is 7.57. The summed E-state index contributed by atoms with van der Waals surface area (Å²) in [4.78, 5) is 16.6. The summed E-state index contributed by atoms with van der Waals surface area (Å²) >= 11 is 0. The molecule has 2 N–H and O–H groups in total. The molecule has 1 atom stereocenters. The van der Waals surface area contributed by atoms with Gasteiger partial charge < -0.3 is 15.0 Å². The SMILES string of the molecule is CC.CC(C)CC(C)(N)COc1ccc2c3ccncc3c(=O)n(C)c2c1. The molecule has 5 heteroatoms. The third kappa shape index (κ3) is 4.66. The number of hydrogen-bond donors (Lipinski definition) is 1. The van der Waals surface area contributed by atoms with Crippen molar-refractivity contribution < 1.29 is 4.74 Å². The Morgan fingerprint density at radius 1 is 1.19 bits per heavy atom. The molecule has 2 heterocycles. The molecule has 0 saturated carbocycles. The summed E-state index contributed by atoms with van der Waals surface area (Å²) in [6.07, 6.45) is 4.21. The molecule has 1 unspecified atom stereocenters. The maximum Gasteiger partial charge on any atom is 0.260 e. The Kier molecular flexibility index (Phi) is 6.60. The van der Waals surface area contributed by atoms with E-state index < -0.39 is 0 Å². The highest BCUT2D eigenvalue weighted by atomic mass is 16.5. The third-order valence-corrected chi connectivity index (χ3v) is 4.42. The van der Waals surface area contributed by atoms with E-state index >= 15 is 0 Å². The molecule has 0 aliphatic heterocycles. The van der Waals surface area contributed by atoms with Crippen LogP contribution >= 0.6 is 0 Å². The van der Waals surface area contributed by atoms with Crippen molar-refractivity contribution in [3.05, 3.63) is 47.0 Å². The van der Waals surface area contributed by atoms with Gasteiger partial charge in [0.1, 0.15) is 12.4 Å². The van der Waals surface area contributed by atoms with Gasteiger partial charge in [0.15, 0.2) is 0 Å². The summed E-state index contributed by atoms with van der Waals surface area (Å²) in [5, 5.41) is 2.53. The largest absolute Gasteiger partial charge is 0.492 e. The van der Waals surface area contributed by atoms with Crippen LogP contribution in [0.25, 0.3) is 21.7 Å². The fourth-order valence-electron chi connectivity index (χ4n) is 3.44. The van der Waals surface area contributed by atoms with Gasteiger partial charge >= 0.3 is 0 Å². The first-order valence-electron chi connectivity index (χ1n) is 9.57. The van der Waals surface area contributed by atoms with Gasteiger partial charge in [-0.15, -0.1) is 0 Å². The van der Waals surface area contributed by atoms with Crippen molar-refractivity contribution in [3.63, 3.8) is 0 Å². The normalized spacial score (nSPS) is 13.3. The van der Waals surface area contributed by atoms with Gasteiger partial charge in [0.05, 0.1) is 10.9 Å². The summed E-state index contributed by atoms with van der Waals surface area (Å²) in [6.45, 7) is 10.7. The second-order valence-corrected chi connectivity index (χ2v) is 7.51. The molecule has 146 valence electrons. The Morgan fingerprint density at radius 2 is 1.89 bits per heavy atom. The first-order chi connectivity index (χ1) is 12.8. The molecule has 0 radical (unpaired) electrons. The maximum atomic E-state index is 12.6. The molecule has 0 fully saturated rings. The first-order valence-corrected chi connectivity index (χ1v) is 9.57. The quantitative estimate of drug-likeness (QED) is 0.682. The van der Waals surface area contributed by atoms with Crippen LogP contribution < -0.4 is 16.0 Å². The molecule has 0 aliphatic rings. The average molecular weight is 370 g/mol. The van der Waals surface area contributed by atoms with Crippen LogP contribution in [0.1, 0.15) is 41.0 Å². The lowest BCUT2D eigenvalue weighted by Crippen LogP contribution is -2.43. The van der Waals surface area contributed by atoms with Crippen LogP contribution in [0, 0.1) is 5.92 Å². The fourth-order valence-corrected chi connectivity index (χ4v) is 3.44. The number of aromatic nitrogens is 2. The van der Waals surface area contributed by atoms with E-state index in [2.05, 4.69) is 18.8 Å². The Labute approximate surface area is 161 Å². The van der Waals surface area contributed by atoms with Crippen molar-refractivity contribution in [2.45, 2.75) is 46.6 Å². The molecule has 0 amide bonds. The number of fused-ring (bicyclic) bond motifs is 3. The molecular weight excluding hydrogens is 338 g/mol. The van der Waals surface area contributed by atoms with Gasteiger partial charge in [0.25, 0.3) is 5.56 Å². The lowest BCUT2D eigenvalue weighted by atomic mass is 9.93. The first kappa shape index (κ1) is 20.9. The highest BCUT2D eigenvalue weighted by Crippen LogP contribution is 2.26. The van der Waals surface area contributed by atoms with E-state index in [0.29, 0.717) is 17.9 Å². The minimum absolute atomic E-state index is 0.0591. The van der Waals surface area contributed by atoms with Crippen LogP contribution in [0.15, 0.2) is 41.5 Å². The molecule has 0 bridgehead atoms. The Bertz CT molecular complexity index is 974. The van der Waals surface area contributed by atoms with Crippen LogP contribution in [0.5, 0.6) is 5.75 Å². The molecule has 5 nitrogen and oxygen atoms in total. The lowest BCUT2D eigenvalue weighted by molar-refractivity contribution is 0.207. The van der Waals surface area contributed by atoms with Crippen molar-refractivity contribution >= 4 is 21.7 Å². The van der Waals surface area contributed by atoms with Crippen LogP contribution in [0.4, 0.5) is 0 Å². The molecule has 2 aromatic heterocycles. The van der Waals surface area contributed by atoms with Crippen LogP contribution in [0.3, 0.4) is 0 Å². The predicted octanol–water partition coefficient (Wildman–Crippen LogP) is 4.26. The maximum absolute atomic E-state index is 12.6. The number of pyridine rings is 2. The second kappa shape index (κ2) is 8.53. The lowest BCUT2D eigenvalue weighted by Gasteiger charge is -2.26. The molecule has 3 aromatic rings. The number of nitrogens with zero attached hydrogens (tertiary/aromatic N) is 2. The topological polar surface area (TPSA) is 70.1 Å². The number of rotatable bonds is 5. The van der Waals surface area contributed by atoms with E-state index in [9.17, 15) is 4.79 Å². The molecular formula is C22H31N3O2. The fraction of sp³-hybridized carbons (Fsp3) is 0.455. The molecule has 27 heavy (non-hydrogen) atoms. The van der Waals surface area contributed by atoms with E-state index in [1.807, 2.05) is 45.0 Å². The van der Waals surface area contributed by atoms with Gasteiger partial charge in [-0.05, 0) is 42.8 Å². The zero-order valence-corrected chi connectivity index (χ0v) is 17.2. The Morgan fingerprint density at radius 3 is 2.56 bits per heavy atom. The van der Waals surface area contributed by atoms with Gasteiger partial charge in [0, 0.05) is 36.4 Å². The van der Waals surface area contributed by atoms with Crippen molar-refractivity contribution in [1.82, 2.24) is 9.55 Å². The Balaban J connectivity index is 0.00000126. The summed E-state index contributed by atoms with van der Waals surface area (Å²) in [6, 6.07) is 7.70. The van der Waals surface area contributed by atoms with Crippen molar-refractivity contribution in [2.75, 3.05) is 6.61 Å². The number of benzene rings is 1. The minimum Gasteiger partial charge on any atom is -0.492 e. The van der Waals surface area contributed by atoms with Gasteiger partial charge in [-0.3, -0.25) is 9.78 Å². The molecule has 1 aromatic carbocycles. The van der Waals surface area contributed by atoms with Crippen LogP contribution in [-0.4, -0.2) is 21.7 Å². The zero-order chi connectivity index (χ0) is 20.2. The zero-order valence-electron chi connectivity index (χ0n) is 17.2. The minimum atomic E-state index is -0.385. The van der Waals surface area contributed by atoms with E-state index in [4.69, 9.17) is 10.5 Å². The van der Waals surface area contributed by atoms with Crippen molar-refractivity contribution in [3.8, 4) is 5.75 Å². The molecule has 0 saturated heterocycles. The Hall–Kier alpha value is -2.40. The number of hydrogen-bond acceptors (Lipinski definition) is 4. The van der Waals surface area contributed by atoms with E-state index in [0.717, 1.165) is 28.5 Å². The number of ether oxygens (including phenoxy) is 1. The second-order valence-electron chi connectivity index (χ2n) is 7.51. The number of aryl methyl sites for hydroxylation is 1. The highest BCUT2D eigenvalue weighted by Gasteiger charge is 2.21. The van der Waals surface area contributed by atoms with Crippen molar-refractivity contribution in [2.24, 2.45) is 18.7 Å². The molecule has 0 spiro atoms. The monoisotopic (exact) mass is 369 g/mol. The van der Waals surface area contributed by atoms with Crippen LogP contribution in [0.2, 0.25) is 0 Å². The average Bonchev–Trinajstić information content (AvgIpc) is 2.65. The standard InChI is InChI=1S/C20H25N3O2.C2H6/c1-13(2)10-20(3,21)12-25-14-5-6-16-15-7-8-22-11-17(15)19(24)23(4)18(16)9-14;1-2/h5-9,11,13H,10,12,21H2,1-4H3;1-2H3. The van der Waals surface area contributed by atoms with Gasteiger partial charge in [-0.25, -0.2) is 0 Å². The van der Waals surface area contributed by atoms with Gasteiger partial charge in [0.2, 0.25) is 0 Å². The van der Waals surface area contributed by atoms with E-state index in [-0.39, 0.29) is 11.1 Å². The van der Waals surface area contributed by atoms with Crippen molar-refractivity contribution in [1.29, 1.82) is 0 Å². The van der Waals surface area contributed by atoms with Gasteiger partial charge in [-0.2, -0.15) is 0 Å².